The van der Waals surface area contributed by atoms with Crippen LogP contribution < -0.4 is 10.1 Å². The van der Waals surface area contributed by atoms with E-state index in [0.29, 0.717) is 27.1 Å². The van der Waals surface area contributed by atoms with Gasteiger partial charge in [-0.15, -0.1) is 0 Å². The van der Waals surface area contributed by atoms with Crippen molar-refractivity contribution in [2.45, 2.75) is 6.92 Å². The molecule has 1 aromatic heterocycles. The number of hydrogen-bond donors (Lipinski definition) is 2. The topological polar surface area (TPSA) is 84.7 Å². The minimum absolute atomic E-state index is 0.0151. The molecule has 0 fully saturated rings. The maximum absolute atomic E-state index is 13.2. The maximum atomic E-state index is 13.2. The largest absolute Gasteiger partial charge is 0.457 e. The number of rotatable bonds is 5. The average molecular weight is 514 g/mol. The maximum Gasteiger partial charge on any atom is 0.338 e. The number of aromatic nitrogens is 1. The third-order valence-corrected chi connectivity index (χ3v) is 5.72. The molecule has 0 aliphatic carbocycles. The number of carbonyl (C=O) groups is 2. The third kappa shape index (κ3) is 5.04. The van der Waals surface area contributed by atoms with E-state index in [-0.39, 0.29) is 27.1 Å². The third-order valence-electron chi connectivity index (χ3n) is 4.73. The Morgan fingerprint density at radius 1 is 0.971 bits per heavy atom. The van der Waals surface area contributed by atoms with Crippen LogP contribution in [-0.4, -0.2) is 21.4 Å². The number of aryl methyl sites for hydroxylation is 1. The number of nitrogens with zero attached hydrogens (tertiary/aromatic N) is 2. The number of benzene rings is 3. The highest BCUT2D eigenvalue weighted by molar-refractivity contribution is 7.79. The molecular weight excluding hydrogens is 497 g/mol. The van der Waals surface area contributed by atoms with Gasteiger partial charge in [0.05, 0.1) is 10.0 Å². The normalized spacial score (nSPS) is 10.6. The molecule has 0 saturated heterocycles. The number of amides is 3. The van der Waals surface area contributed by atoms with Crippen molar-refractivity contribution in [3.63, 3.8) is 0 Å². The lowest BCUT2D eigenvalue weighted by Crippen LogP contribution is -2.33. The zero-order valence-corrected chi connectivity index (χ0v) is 20.1. The van der Waals surface area contributed by atoms with E-state index in [4.69, 9.17) is 32.5 Å². The van der Waals surface area contributed by atoms with Crippen LogP contribution in [0.5, 0.6) is 11.5 Å². The molecule has 3 amide bonds. The molecule has 1 N–H and O–H groups in total. The zero-order chi connectivity index (χ0) is 24.2. The summed E-state index contributed by atoms with van der Waals surface area (Å²) in [7, 11) is 0. The van der Waals surface area contributed by atoms with Gasteiger partial charge in [0, 0.05) is 17.3 Å². The van der Waals surface area contributed by atoms with E-state index in [1.54, 1.807) is 49.4 Å². The molecule has 3 aromatic carbocycles. The van der Waals surface area contributed by atoms with Crippen LogP contribution in [0.4, 0.5) is 10.5 Å². The highest BCUT2D eigenvalue weighted by atomic mass is 35.5. The first kappa shape index (κ1) is 23.7. The van der Waals surface area contributed by atoms with Crippen LogP contribution in [0.3, 0.4) is 0 Å². The smallest absolute Gasteiger partial charge is 0.338 e. The molecule has 34 heavy (non-hydrogen) atoms. The summed E-state index contributed by atoms with van der Waals surface area (Å²) in [4.78, 5) is 25.9. The van der Waals surface area contributed by atoms with Crippen molar-refractivity contribution in [1.82, 2.24) is 9.46 Å². The summed E-state index contributed by atoms with van der Waals surface area (Å²) in [5.41, 5.74) is 0.852. The van der Waals surface area contributed by atoms with E-state index in [9.17, 15) is 9.59 Å². The second kappa shape index (κ2) is 10.2. The summed E-state index contributed by atoms with van der Waals surface area (Å²) < 4.78 is 11.6. The molecule has 0 atom stereocenters. The Balaban J connectivity index is 1.54. The Morgan fingerprint density at radius 2 is 1.62 bits per heavy atom. The quantitative estimate of drug-likeness (QED) is 0.274. The first-order chi connectivity index (χ1) is 16.3. The van der Waals surface area contributed by atoms with Crippen molar-refractivity contribution in [1.29, 1.82) is 0 Å². The second-order valence-electron chi connectivity index (χ2n) is 7.05. The van der Waals surface area contributed by atoms with E-state index in [1.165, 1.54) is 0 Å². The molecule has 0 spiro atoms. The number of para-hydroxylation sites is 1. The van der Waals surface area contributed by atoms with Gasteiger partial charge >= 0.3 is 6.03 Å². The SMILES string of the molecule is Cc1onc(-c2c(Cl)cccc2Cl)c1C(=O)N(S)C(=O)Nc1cccc(Oc2ccccc2)c1. The van der Waals surface area contributed by atoms with Crippen LogP contribution in [0.25, 0.3) is 11.3 Å². The molecule has 0 radical (unpaired) electrons. The first-order valence-electron chi connectivity index (χ1n) is 9.93. The number of anilines is 1. The van der Waals surface area contributed by atoms with Crippen molar-refractivity contribution in [3.05, 3.63) is 94.2 Å². The van der Waals surface area contributed by atoms with Gasteiger partial charge in [-0.2, -0.15) is 0 Å². The molecule has 10 heteroatoms. The van der Waals surface area contributed by atoms with E-state index in [0.717, 1.165) is 0 Å². The number of ether oxygens (including phenoxy) is 1. The fraction of sp³-hybridized carbons (Fsp3) is 0.0417. The number of thiol groups is 1. The molecule has 4 rings (SSSR count). The number of halogens is 2. The van der Waals surface area contributed by atoms with Gasteiger partial charge in [-0.3, -0.25) is 4.79 Å². The highest BCUT2D eigenvalue weighted by Gasteiger charge is 2.30. The summed E-state index contributed by atoms with van der Waals surface area (Å²) in [6, 6.07) is 20.0. The summed E-state index contributed by atoms with van der Waals surface area (Å²) in [6.07, 6.45) is 0. The summed E-state index contributed by atoms with van der Waals surface area (Å²) in [5.74, 6) is 0.570. The van der Waals surface area contributed by atoms with Gasteiger partial charge in [0.25, 0.3) is 5.91 Å². The van der Waals surface area contributed by atoms with Crippen LogP contribution in [-0.2, 0) is 0 Å². The van der Waals surface area contributed by atoms with Crippen molar-refractivity contribution < 1.29 is 18.8 Å². The van der Waals surface area contributed by atoms with Crippen LogP contribution in [0.15, 0.2) is 77.3 Å². The van der Waals surface area contributed by atoms with Crippen LogP contribution in [0.2, 0.25) is 10.0 Å². The van der Waals surface area contributed by atoms with Crippen molar-refractivity contribution in [3.8, 4) is 22.8 Å². The molecule has 4 aromatic rings. The molecule has 7 nitrogen and oxygen atoms in total. The number of hydrogen-bond acceptors (Lipinski definition) is 6. The monoisotopic (exact) mass is 513 g/mol. The predicted molar refractivity (Wildman–Crippen MR) is 134 cm³/mol. The Hall–Kier alpha value is -3.46. The Kier molecular flexibility index (Phi) is 7.12. The first-order valence-corrected chi connectivity index (χ1v) is 11.1. The lowest BCUT2D eigenvalue weighted by Gasteiger charge is -2.16. The molecule has 0 unspecified atom stereocenters. The fourth-order valence-corrected chi connectivity index (χ4v) is 3.88. The van der Waals surface area contributed by atoms with Crippen molar-refractivity contribution in [2.75, 3.05) is 5.32 Å². The Morgan fingerprint density at radius 3 is 2.32 bits per heavy atom. The fourth-order valence-electron chi connectivity index (χ4n) is 3.16. The average Bonchev–Trinajstić information content (AvgIpc) is 3.19. The molecule has 0 saturated carbocycles. The van der Waals surface area contributed by atoms with E-state index < -0.39 is 11.9 Å². The van der Waals surface area contributed by atoms with Gasteiger partial charge < -0.3 is 14.6 Å². The molecule has 1 heterocycles. The minimum Gasteiger partial charge on any atom is -0.457 e. The highest BCUT2D eigenvalue weighted by Crippen LogP contribution is 2.37. The standard InChI is InChI=1S/C24H17Cl2N3O4S/c1-14-20(22(28-33-14)21-18(25)11-6-12-19(21)26)23(30)29(34)24(31)27-15-7-5-10-17(13-15)32-16-8-3-2-4-9-16/h2-13,34H,1H3,(H,27,31). The minimum atomic E-state index is -0.790. The summed E-state index contributed by atoms with van der Waals surface area (Å²) in [6.45, 7) is 1.54. The Bertz CT molecular complexity index is 1340. The number of imide groups is 1. The van der Waals surface area contributed by atoms with Gasteiger partial charge in [-0.25, -0.2) is 9.10 Å². The molecule has 0 aliphatic heterocycles. The van der Waals surface area contributed by atoms with Crippen molar-refractivity contribution in [2.24, 2.45) is 0 Å². The van der Waals surface area contributed by atoms with Crippen LogP contribution >= 0.6 is 36.0 Å². The Labute approximate surface area is 210 Å². The van der Waals surface area contributed by atoms with E-state index in [1.807, 2.05) is 30.3 Å². The van der Waals surface area contributed by atoms with Crippen molar-refractivity contribution >= 4 is 53.6 Å². The number of nitrogens with one attached hydrogen (secondary N) is 1. The van der Waals surface area contributed by atoms with Gasteiger partial charge in [0.15, 0.2) is 0 Å². The van der Waals surface area contributed by atoms with Gasteiger partial charge in [0.1, 0.15) is 28.5 Å². The van der Waals surface area contributed by atoms with Gasteiger partial charge in [-0.05, 0) is 43.3 Å². The summed E-state index contributed by atoms with van der Waals surface area (Å²) >= 11 is 16.6. The molecule has 0 aliphatic rings. The zero-order valence-electron chi connectivity index (χ0n) is 17.7. The second-order valence-corrected chi connectivity index (χ2v) is 8.26. The molecule has 172 valence electrons. The lowest BCUT2D eigenvalue weighted by atomic mass is 10.1. The summed E-state index contributed by atoms with van der Waals surface area (Å²) in [5, 5.41) is 7.11. The van der Waals surface area contributed by atoms with Gasteiger partial charge in [-0.1, -0.05) is 71.5 Å². The van der Waals surface area contributed by atoms with Gasteiger partial charge in [0.2, 0.25) is 0 Å². The van der Waals surface area contributed by atoms with E-state index >= 15 is 0 Å². The number of carbonyl (C=O) groups excluding carboxylic acids is 2. The van der Waals surface area contributed by atoms with Crippen LogP contribution in [0.1, 0.15) is 16.1 Å². The molecular formula is C24H17Cl2N3O4S. The molecule has 0 bridgehead atoms. The predicted octanol–water partition coefficient (Wildman–Crippen LogP) is 7.27. The van der Waals surface area contributed by atoms with Crippen LogP contribution in [0, 0.1) is 6.92 Å². The lowest BCUT2D eigenvalue weighted by molar-refractivity contribution is 0.0901. The number of urea groups is 1. The van der Waals surface area contributed by atoms with E-state index in [2.05, 4.69) is 23.3 Å².